The van der Waals surface area contributed by atoms with Gasteiger partial charge in [-0.15, -0.1) is 0 Å². The number of carboxylic acids is 1. The molecule has 0 saturated carbocycles. The Morgan fingerprint density at radius 2 is 1.58 bits per heavy atom. The molecule has 0 unspecified atom stereocenters. The van der Waals surface area contributed by atoms with E-state index in [1.165, 1.54) is 12.1 Å². The molecule has 2 heterocycles. The van der Waals surface area contributed by atoms with Gasteiger partial charge in [-0.05, 0) is 66.8 Å². The number of carbonyl (C=O) groups is 3. The molecule has 238 valence electrons. The molecule has 9 heteroatoms. The normalized spacial score (nSPS) is 19.3. The van der Waals surface area contributed by atoms with Crippen molar-refractivity contribution in [1.82, 2.24) is 15.1 Å². The van der Waals surface area contributed by atoms with Crippen LogP contribution in [0.5, 0.6) is 11.5 Å². The molecule has 0 aromatic heterocycles. The Bertz CT molecular complexity index is 1480. The Hall–Kier alpha value is -4.21. The largest absolute Gasteiger partial charge is 0.478 e. The van der Waals surface area contributed by atoms with Gasteiger partial charge in [0.05, 0.1) is 11.7 Å². The molecule has 2 fully saturated rings. The molecule has 1 spiro atoms. The molecule has 9 nitrogen and oxygen atoms in total. The van der Waals surface area contributed by atoms with Crippen LogP contribution in [-0.2, 0) is 21.5 Å². The summed E-state index contributed by atoms with van der Waals surface area (Å²) < 4.78 is 5.86. The molecule has 3 aromatic rings. The molecule has 5 rings (SSSR count). The van der Waals surface area contributed by atoms with E-state index in [1.54, 1.807) is 17.0 Å². The first-order chi connectivity index (χ1) is 21.5. The molecule has 0 bridgehead atoms. The van der Waals surface area contributed by atoms with Gasteiger partial charge in [-0.2, -0.15) is 0 Å². The summed E-state index contributed by atoms with van der Waals surface area (Å²) in [6, 6.07) is 22.6. The van der Waals surface area contributed by atoms with Gasteiger partial charge in [0.2, 0.25) is 11.8 Å². The number of aromatic carboxylic acids is 1. The SMILES string of the molecule is CCCCN1C(=O)[C@@H]([C@H](O)C(C)(C)c2ccccc2)NC(=O)C12CCN(Cc1ccc(Oc3ccc(C(=O)O)cc3)cc1)CC2. The Morgan fingerprint density at radius 1 is 0.978 bits per heavy atom. The van der Waals surface area contributed by atoms with Crippen molar-refractivity contribution in [2.24, 2.45) is 0 Å². The van der Waals surface area contributed by atoms with Crippen molar-refractivity contribution < 1.29 is 29.3 Å². The maximum Gasteiger partial charge on any atom is 0.335 e. The number of aliphatic hydroxyl groups excluding tert-OH is 1. The highest BCUT2D eigenvalue weighted by atomic mass is 16.5. The molecule has 2 saturated heterocycles. The summed E-state index contributed by atoms with van der Waals surface area (Å²) >= 11 is 0. The lowest BCUT2D eigenvalue weighted by atomic mass is 9.74. The van der Waals surface area contributed by atoms with Crippen molar-refractivity contribution in [2.45, 2.75) is 76.1 Å². The number of hydrogen-bond donors (Lipinski definition) is 3. The fraction of sp³-hybridized carbons (Fsp3) is 0.417. The van der Waals surface area contributed by atoms with Crippen LogP contribution in [-0.4, -0.2) is 75.1 Å². The lowest BCUT2D eigenvalue weighted by molar-refractivity contribution is -0.166. The number of aliphatic hydroxyl groups is 1. The Kier molecular flexibility index (Phi) is 9.60. The minimum absolute atomic E-state index is 0.177. The second kappa shape index (κ2) is 13.4. The zero-order valence-electron chi connectivity index (χ0n) is 26.2. The van der Waals surface area contributed by atoms with Crippen molar-refractivity contribution in [2.75, 3.05) is 19.6 Å². The monoisotopic (exact) mass is 613 g/mol. The van der Waals surface area contributed by atoms with Gasteiger partial charge < -0.3 is 25.2 Å². The van der Waals surface area contributed by atoms with E-state index in [9.17, 15) is 19.5 Å². The number of amides is 2. The second-order valence-corrected chi connectivity index (χ2v) is 12.7. The van der Waals surface area contributed by atoms with Gasteiger partial charge in [0, 0.05) is 31.6 Å². The van der Waals surface area contributed by atoms with Crippen molar-refractivity contribution in [3.8, 4) is 11.5 Å². The fourth-order valence-corrected chi connectivity index (χ4v) is 6.45. The number of piperazine rings is 1. The molecule has 2 aliphatic rings. The number of rotatable bonds is 11. The van der Waals surface area contributed by atoms with E-state index in [0.717, 1.165) is 24.0 Å². The number of piperidine rings is 1. The van der Waals surface area contributed by atoms with E-state index in [4.69, 9.17) is 9.84 Å². The van der Waals surface area contributed by atoms with E-state index < -0.39 is 29.1 Å². The standard InChI is InChI=1S/C36H43N3O6/c1-4-5-21-39-32(41)30(31(40)35(2,3)27-9-7-6-8-10-27)37-34(44)36(39)19-22-38(23-20-36)24-25-11-15-28(16-12-25)45-29-17-13-26(14-18-29)33(42)43/h6-18,30-31,40H,4-5,19-24H2,1-3H3,(H,37,44)(H,42,43)/t30-,31+/m1/s1. The predicted molar refractivity (Wildman–Crippen MR) is 171 cm³/mol. The molecule has 3 aromatic carbocycles. The first kappa shape index (κ1) is 32.2. The molecule has 2 amide bonds. The summed E-state index contributed by atoms with van der Waals surface area (Å²) in [6.45, 7) is 8.37. The molecule has 45 heavy (non-hydrogen) atoms. The van der Waals surface area contributed by atoms with Crippen LogP contribution in [0.1, 0.15) is 67.9 Å². The zero-order chi connectivity index (χ0) is 32.2. The first-order valence-electron chi connectivity index (χ1n) is 15.7. The quantitative estimate of drug-likeness (QED) is 0.279. The van der Waals surface area contributed by atoms with Gasteiger partial charge in [0.1, 0.15) is 23.1 Å². The molecular weight excluding hydrogens is 570 g/mol. The maximum atomic E-state index is 14.1. The smallest absolute Gasteiger partial charge is 0.335 e. The Labute approximate surface area is 264 Å². The van der Waals surface area contributed by atoms with Crippen LogP contribution in [0.15, 0.2) is 78.9 Å². The number of benzene rings is 3. The highest BCUT2D eigenvalue weighted by molar-refractivity contribution is 6.00. The van der Waals surface area contributed by atoms with E-state index in [-0.39, 0.29) is 17.4 Å². The lowest BCUT2D eigenvalue weighted by Crippen LogP contribution is -2.75. The van der Waals surface area contributed by atoms with Crippen LogP contribution < -0.4 is 10.1 Å². The number of unbranched alkanes of at least 4 members (excludes halogenated alkanes) is 1. The minimum Gasteiger partial charge on any atom is -0.478 e. The fourth-order valence-electron chi connectivity index (χ4n) is 6.45. The number of likely N-dealkylation sites (tertiary alicyclic amines) is 1. The van der Waals surface area contributed by atoms with Crippen LogP contribution in [0.2, 0.25) is 0 Å². The van der Waals surface area contributed by atoms with Crippen LogP contribution >= 0.6 is 0 Å². The molecule has 2 atom stereocenters. The van der Waals surface area contributed by atoms with Gasteiger partial charge in [-0.25, -0.2) is 4.79 Å². The molecule has 0 radical (unpaired) electrons. The van der Waals surface area contributed by atoms with E-state index in [1.807, 2.05) is 68.4 Å². The average molecular weight is 614 g/mol. The van der Waals surface area contributed by atoms with E-state index in [2.05, 4.69) is 17.1 Å². The van der Waals surface area contributed by atoms with E-state index >= 15 is 0 Å². The van der Waals surface area contributed by atoms with Crippen LogP contribution in [0.3, 0.4) is 0 Å². The number of carboxylic acid groups (broad SMARTS) is 1. The average Bonchev–Trinajstić information content (AvgIpc) is 3.05. The molecule has 0 aliphatic carbocycles. The summed E-state index contributed by atoms with van der Waals surface area (Å²) in [5.41, 5.74) is 0.531. The lowest BCUT2D eigenvalue weighted by Gasteiger charge is -2.53. The summed E-state index contributed by atoms with van der Waals surface area (Å²) in [6.07, 6.45) is 1.63. The van der Waals surface area contributed by atoms with Gasteiger partial charge in [-0.1, -0.05) is 69.7 Å². The van der Waals surface area contributed by atoms with Gasteiger partial charge in [0.15, 0.2) is 0 Å². The Morgan fingerprint density at radius 3 is 2.16 bits per heavy atom. The number of nitrogens with zero attached hydrogens (tertiary/aromatic N) is 2. The van der Waals surface area contributed by atoms with Crippen LogP contribution in [0.25, 0.3) is 0 Å². The van der Waals surface area contributed by atoms with Gasteiger partial charge in [-0.3, -0.25) is 14.5 Å². The first-order valence-corrected chi connectivity index (χ1v) is 15.7. The van der Waals surface area contributed by atoms with Gasteiger partial charge in [0.25, 0.3) is 0 Å². The van der Waals surface area contributed by atoms with Crippen molar-refractivity contribution in [1.29, 1.82) is 0 Å². The summed E-state index contributed by atoms with van der Waals surface area (Å²) in [5.74, 6) is -0.161. The Balaban J connectivity index is 1.23. The summed E-state index contributed by atoms with van der Waals surface area (Å²) in [7, 11) is 0. The van der Waals surface area contributed by atoms with Crippen LogP contribution in [0.4, 0.5) is 0 Å². The summed E-state index contributed by atoms with van der Waals surface area (Å²) in [4.78, 5) is 43.1. The third kappa shape index (κ3) is 6.74. The number of ether oxygens (including phenoxy) is 1. The summed E-state index contributed by atoms with van der Waals surface area (Å²) in [5, 5.41) is 23.6. The molecular formula is C36H43N3O6. The molecule has 2 aliphatic heterocycles. The van der Waals surface area contributed by atoms with Crippen molar-refractivity contribution in [3.63, 3.8) is 0 Å². The van der Waals surface area contributed by atoms with Crippen molar-refractivity contribution in [3.05, 3.63) is 95.6 Å². The molecule has 3 N–H and O–H groups in total. The third-order valence-corrected chi connectivity index (χ3v) is 9.42. The number of nitrogens with one attached hydrogen (secondary N) is 1. The highest BCUT2D eigenvalue weighted by Gasteiger charge is 2.56. The minimum atomic E-state index is -1.09. The van der Waals surface area contributed by atoms with E-state index in [0.29, 0.717) is 50.5 Å². The topological polar surface area (TPSA) is 119 Å². The zero-order valence-corrected chi connectivity index (χ0v) is 26.2. The second-order valence-electron chi connectivity index (χ2n) is 12.7. The highest BCUT2D eigenvalue weighted by Crippen LogP contribution is 2.37. The number of hydrogen-bond acceptors (Lipinski definition) is 6. The number of carbonyl (C=O) groups excluding carboxylic acids is 2. The van der Waals surface area contributed by atoms with Gasteiger partial charge >= 0.3 is 5.97 Å². The predicted octanol–water partition coefficient (Wildman–Crippen LogP) is 4.98. The maximum absolute atomic E-state index is 14.1. The van der Waals surface area contributed by atoms with Crippen LogP contribution in [0, 0.1) is 0 Å². The van der Waals surface area contributed by atoms with Crippen molar-refractivity contribution >= 4 is 17.8 Å². The third-order valence-electron chi connectivity index (χ3n) is 9.42.